The van der Waals surface area contributed by atoms with Gasteiger partial charge in [-0.05, 0) is 42.1 Å². The van der Waals surface area contributed by atoms with E-state index in [0.717, 1.165) is 5.69 Å². The van der Waals surface area contributed by atoms with Gasteiger partial charge in [0.1, 0.15) is 0 Å². The minimum Gasteiger partial charge on any atom is -0.380 e. The average molecular weight is 297 g/mol. The van der Waals surface area contributed by atoms with Crippen LogP contribution >= 0.6 is 11.3 Å². The predicted octanol–water partition coefficient (Wildman–Crippen LogP) is 5.22. The molecule has 0 saturated carbocycles. The van der Waals surface area contributed by atoms with Crippen molar-refractivity contribution in [1.29, 1.82) is 0 Å². The maximum atomic E-state index is 5.19. The zero-order chi connectivity index (χ0) is 14.7. The lowest BCUT2D eigenvalue weighted by molar-refractivity contribution is 0.185. The summed E-state index contributed by atoms with van der Waals surface area (Å²) in [6.45, 7) is 2.85. The molecule has 1 heterocycles. The number of methoxy groups -OCH3 is 1. The van der Waals surface area contributed by atoms with Crippen molar-refractivity contribution >= 4 is 27.1 Å². The van der Waals surface area contributed by atoms with Crippen LogP contribution in [-0.4, -0.2) is 7.11 Å². The Bertz CT molecular complexity index is 702. The van der Waals surface area contributed by atoms with Crippen LogP contribution in [0.3, 0.4) is 0 Å². The quantitative estimate of drug-likeness (QED) is 0.697. The van der Waals surface area contributed by atoms with Crippen LogP contribution < -0.4 is 5.32 Å². The molecule has 0 radical (unpaired) electrons. The molecule has 108 valence electrons. The highest BCUT2D eigenvalue weighted by Crippen LogP contribution is 2.31. The molecule has 1 aromatic heterocycles. The summed E-state index contributed by atoms with van der Waals surface area (Å²) >= 11 is 1.85. The molecule has 0 aliphatic rings. The van der Waals surface area contributed by atoms with Gasteiger partial charge in [-0.15, -0.1) is 11.3 Å². The lowest BCUT2D eigenvalue weighted by Gasteiger charge is -2.14. The summed E-state index contributed by atoms with van der Waals surface area (Å²) in [4.78, 5) is 1.35. The van der Waals surface area contributed by atoms with E-state index in [4.69, 9.17) is 4.74 Å². The second kappa shape index (κ2) is 6.29. The third-order valence-electron chi connectivity index (χ3n) is 3.49. The van der Waals surface area contributed by atoms with E-state index in [1.54, 1.807) is 7.11 Å². The highest BCUT2D eigenvalue weighted by Gasteiger charge is 2.09. The molecule has 2 nitrogen and oxygen atoms in total. The molecule has 0 bridgehead atoms. The van der Waals surface area contributed by atoms with E-state index in [1.807, 2.05) is 11.3 Å². The van der Waals surface area contributed by atoms with E-state index < -0.39 is 0 Å². The smallest absolute Gasteiger partial charge is 0.0713 e. The fourth-order valence-corrected chi connectivity index (χ4v) is 3.52. The van der Waals surface area contributed by atoms with Crippen molar-refractivity contribution in [2.24, 2.45) is 0 Å². The second-order valence-electron chi connectivity index (χ2n) is 5.19. The molecule has 0 spiro atoms. The summed E-state index contributed by atoms with van der Waals surface area (Å²) in [5.41, 5.74) is 2.32. The summed E-state index contributed by atoms with van der Waals surface area (Å²) in [5.74, 6) is 0. The van der Waals surface area contributed by atoms with Crippen molar-refractivity contribution in [2.75, 3.05) is 12.4 Å². The first-order chi connectivity index (χ1) is 10.3. The second-order valence-corrected chi connectivity index (χ2v) is 6.30. The van der Waals surface area contributed by atoms with E-state index in [9.17, 15) is 0 Å². The molecule has 0 saturated heterocycles. The minimum atomic E-state index is 0.292. The van der Waals surface area contributed by atoms with Crippen LogP contribution in [0.5, 0.6) is 0 Å². The highest BCUT2D eigenvalue weighted by molar-refractivity contribution is 7.19. The van der Waals surface area contributed by atoms with Crippen molar-refractivity contribution in [3.8, 4) is 0 Å². The zero-order valence-corrected chi connectivity index (χ0v) is 13.1. The Morgan fingerprint density at radius 1 is 1.10 bits per heavy atom. The minimum absolute atomic E-state index is 0.292. The first-order valence-corrected chi connectivity index (χ1v) is 7.91. The van der Waals surface area contributed by atoms with Gasteiger partial charge in [-0.3, -0.25) is 0 Å². The number of fused-ring (bicyclic) bond motifs is 1. The Morgan fingerprint density at radius 3 is 2.76 bits per heavy atom. The number of rotatable bonds is 5. The van der Waals surface area contributed by atoms with Gasteiger partial charge < -0.3 is 10.1 Å². The van der Waals surface area contributed by atoms with Gasteiger partial charge in [-0.25, -0.2) is 0 Å². The number of hydrogen-bond donors (Lipinski definition) is 1. The van der Waals surface area contributed by atoms with Crippen LogP contribution in [0, 0.1) is 0 Å². The number of nitrogens with one attached hydrogen (secondary N) is 1. The van der Waals surface area contributed by atoms with E-state index in [2.05, 4.69) is 66.8 Å². The maximum absolute atomic E-state index is 5.19. The summed E-state index contributed by atoms with van der Waals surface area (Å²) in [6.07, 6.45) is 0. The van der Waals surface area contributed by atoms with E-state index >= 15 is 0 Å². The first-order valence-electron chi connectivity index (χ1n) is 7.09. The van der Waals surface area contributed by atoms with Gasteiger partial charge in [-0.2, -0.15) is 0 Å². The Balaban J connectivity index is 1.79. The van der Waals surface area contributed by atoms with E-state index in [-0.39, 0.29) is 0 Å². The fourth-order valence-electron chi connectivity index (χ4n) is 2.45. The molecule has 1 N–H and O–H groups in total. The third-order valence-corrected chi connectivity index (χ3v) is 4.79. The predicted molar refractivity (Wildman–Crippen MR) is 91.0 cm³/mol. The van der Waals surface area contributed by atoms with Crippen LogP contribution in [-0.2, 0) is 11.3 Å². The molecular weight excluding hydrogens is 278 g/mol. The molecule has 1 atom stereocenters. The van der Waals surface area contributed by atoms with Crippen LogP contribution in [0.1, 0.15) is 23.4 Å². The Labute approximate surface area is 129 Å². The number of anilines is 1. The number of ether oxygens (including phenoxy) is 1. The molecule has 3 rings (SSSR count). The number of hydrogen-bond acceptors (Lipinski definition) is 3. The summed E-state index contributed by atoms with van der Waals surface area (Å²) in [6, 6.07) is 19.5. The first kappa shape index (κ1) is 14.1. The van der Waals surface area contributed by atoms with E-state index in [0.29, 0.717) is 12.6 Å². The van der Waals surface area contributed by atoms with Crippen LogP contribution in [0.2, 0.25) is 0 Å². The van der Waals surface area contributed by atoms with Crippen molar-refractivity contribution in [2.45, 2.75) is 19.6 Å². The number of benzene rings is 2. The molecule has 3 heteroatoms. The lowest BCUT2D eigenvalue weighted by Crippen LogP contribution is -2.05. The van der Waals surface area contributed by atoms with Gasteiger partial charge in [-0.1, -0.05) is 30.3 Å². The van der Waals surface area contributed by atoms with E-state index in [1.165, 1.54) is 20.5 Å². The summed E-state index contributed by atoms with van der Waals surface area (Å²) < 4.78 is 6.53. The summed E-state index contributed by atoms with van der Waals surface area (Å²) in [7, 11) is 1.72. The standard InChI is InChI=1S/C18H19NOS/c1-13(18-11-15-7-3-4-9-17(15)21-18)19-16-8-5-6-14(10-16)12-20-2/h3-11,13,19H,12H2,1-2H3. The van der Waals surface area contributed by atoms with Crippen LogP contribution in [0.15, 0.2) is 54.6 Å². The monoisotopic (exact) mass is 297 g/mol. The molecule has 21 heavy (non-hydrogen) atoms. The normalized spacial score (nSPS) is 12.5. The van der Waals surface area contributed by atoms with Gasteiger partial charge in [0, 0.05) is 22.4 Å². The molecule has 0 amide bonds. The largest absolute Gasteiger partial charge is 0.380 e. The van der Waals surface area contributed by atoms with Gasteiger partial charge in [0.15, 0.2) is 0 Å². The highest BCUT2D eigenvalue weighted by atomic mass is 32.1. The topological polar surface area (TPSA) is 21.3 Å². The van der Waals surface area contributed by atoms with Gasteiger partial charge in [0.05, 0.1) is 12.6 Å². The van der Waals surface area contributed by atoms with Gasteiger partial charge in [0.25, 0.3) is 0 Å². The van der Waals surface area contributed by atoms with Crippen LogP contribution in [0.4, 0.5) is 5.69 Å². The maximum Gasteiger partial charge on any atom is 0.0713 e. The van der Waals surface area contributed by atoms with Crippen molar-refractivity contribution in [3.05, 3.63) is 65.0 Å². The van der Waals surface area contributed by atoms with Crippen molar-refractivity contribution in [1.82, 2.24) is 0 Å². The SMILES string of the molecule is COCc1cccc(NC(C)c2cc3ccccc3s2)c1. The third kappa shape index (κ3) is 3.26. The van der Waals surface area contributed by atoms with Gasteiger partial charge >= 0.3 is 0 Å². The molecule has 0 aliphatic carbocycles. The van der Waals surface area contributed by atoms with Crippen molar-refractivity contribution in [3.63, 3.8) is 0 Å². The van der Waals surface area contributed by atoms with Crippen molar-refractivity contribution < 1.29 is 4.74 Å². The molecule has 0 aliphatic heterocycles. The summed E-state index contributed by atoms with van der Waals surface area (Å²) in [5, 5.41) is 4.89. The van der Waals surface area contributed by atoms with Gasteiger partial charge in [0.2, 0.25) is 0 Å². The lowest BCUT2D eigenvalue weighted by atomic mass is 10.1. The Morgan fingerprint density at radius 2 is 1.95 bits per heavy atom. The number of thiophene rings is 1. The molecule has 0 fully saturated rings. The Hall–Kier alpha value is -1.84. The fraction of sp³-hybridized carbons (Fsp3) is 0.222. The zero-order valence-electron chi connectivity index (χ0n) is 12.3. The molecule has 2 aromatic carbocycles. The molecule has 3 aromatic rings. The Kier molecular flexibility index (Phi) is 4.23. The average Bonchev–Trinajstić information content (AvgIpc) is 2.92. The molecule has 1 unspecified atom stereocenters. The molecular formula is C18H19NOS. The van der Waals surface area contributed by atoms with Crippen LogP contribution in [0.25, 0.3) is 10.1 Å².